The molecule has 1 heterocycles. The van der Waals surface area contributed by atoms with Gasteiger partial charge in [0.15, 0.2) is 0 Å². The summed E-state index contributed by atoms with van der Waals surface area (Å²) in [7, 11) is 0. The second kappa shape index (κ2) is 4.79. The van der Waals surface area contributed by atoms with Crippen molar-refractivity contribution in [3.05, 3.63) is 29.8 Å². The maximum atomic E-state index is 11.1. The van der Waals surface area contributed by atoms with Crippen LogP contribution < -0.4 is 4.74 Å². The van der Waals surface area contributed by atoms with E-state index in [-0.39, 0.29) is 5.97 Å². The third kappa shape index (κ3) is 2.39. The third-order valence-corrected chi connectivity index (χ3v) is 2.31. The summed E-state index contributed by atoms with van der Waals surface area (Å²) in [6.45, 7) is 2.41. The van der Waals surface area contributed by atoms with Crippen molar-refractivity contribution in [3.8, 4) is 5.75 Å². The van der Waals surface area contributed by atoms with Gasteiger partial charge in [-0.3, -0.25) is 4.79 Å². The Balaban J connectivity index is 2.07. The van der Waals surface area contributed by atoms with E-state index in [1.807, 2.05) is 12.1 Å². The quantitative estimate of drug-likeness (QED) is 0.578. The van der Waals surface area contributed by atoms with Gasteiger partial charge >= 0.3 is 5.97 Å². The number of esters is 1. The van der Waals surface area contributed by atoms with Crippen LogP contribution in [-0.4, -0.2) is 18.3 Å². The average Bonchev–Trinajstić information content (AvgIpc) is 2.83. The van der Waals surface area contributed by atoms with Gasteiger partial charge < -0.3 is 9.57 Å². The van der Waals surface area contributed by atoms with Crippen molar-refractivity contribution in [2.24, 2.45) is 5.16 Å². The second-order valence-electron chi connectivity index (χ2n) is 3.47. The Morgan fingerprint density at radius 2 is 2.19 bits per heavy atom. The first-order chi connectivity index (χ1) is 7.79. The van der Waals surface area contributed by atoms with E-state index in [1.165, 1.54) is 0 Å². The van der Waals surface area contributed by atoms with Crippen LogP contribution in [-0.2, 0) is 9.63 Å². The first-order valence-electron chi connectivity index (χ1n) is 5.29. The maximum Gasteiger partial charge on any atom is 0.310 e. The van der Waals surface area contributed by atoms with Crippen LogP contribution in [0.15, 0.2) is 29.4 Å². The van der Waals surface area contributed by atoms with Crippen LogP contribution in [0.5, 0.6) is 5.75 Å². The second-order valence-corrected chi connectivity index (χ2v) is 3.47. The Kier molecular flexibility index (Phi) is 3.19. The summed E-state index contributed by atoms with van der Waals surface area (Å²) in [6.07, 6.45) is 1.20. The average molecular weight is 219 g/mol. The fourth-order valence-electron chi connectivity index (χ4n) is 1.43. The summed E-state index contributed by atoms with van der Waals surface area (Å²) in [4.78, 5) is 16.0. The number of benzene rings is 1. The van der Waals surface area contributed by atoms with Crippen LogP contribution in [0.3, 0.4) is 0 Å². The number of carbonyl (C=O) groups is 1. The molecule has 0 bridgehead atoms. The smallest absolute Gasteiger partial charge is 0.310 e. The number of hydrogen-bond acceptors (Lipinski definition) is 4. The molecule has 0 radical (unpaired) electrons. The summed E-state index contributed by atoms with van der Waals surface area (Å²) in [5.41, 5.74) is 1.95. The van der Waals surface area contributed by atoms with Crippen LogP contribution in [0.2, 0.25) is 0 Å². The zero-order valence-electron chi connectivity index (χ0n) is 9.10. The van der Waals surface area contributed by atoms with Crippen molar-refractivity contribution >= 4 is 11.7 Å². The standard InChI is InChI=1S/C12H13NO3/c1-2-12(14)16-10-5-3-9(4-6-10)11-7-8-15-13-11/h3-6H,2,7-8H2,1H3. The van der Waals surface area contributed by atoms with Crippen LogP contribution in [0.25, 0.3) is 0 Å². The molecule has 0 fully saturated rings. The van der Waals surface area contributed by atoms with Gasteiger partial charge in [0.25, 0.3) is 0 Å². The third-order valence-electron chi connectivity index (χ3n) is 2.31. The van der Waals surface area contributed by atoms with Crippen molar-refractivity contribution in [2.45, 2.75) is 19.8 Å². The highest BCUT2D eigenvalue weighted by Gasteiger charge is 2.10. The first-order valence-corrected chi connectivity index (χ1v) is 5.29. The number of ether oxygens (including phenoxy) is 1. The number of oxime groups is 1. The number of nitrogens with zero attached hydrogens (tertiary/aromatic N) is 1. The molecule has 0 unspecified atom stereocenters. The van der Waals surface area contributed by atoms with Crippen LogP contribution >= 0.6 is 0 Å². The molecule has 2 rings (SSSR count). The molecule has 1 aliphatic rings. The molecule has 0 N–H and O–H groups in total. The van der Waals surface area contributed by atoms with Crippen molar-refractivity contribution in [3.63, 3.8) is 0 Å². The van der Waals surface area contributed by atoms with Crippen molar-refractivity contribution in [2.75, 3.05) is 6.61 Å². The van der Waals surface area contributed by atoms with Gasteiger partial charge in [-0.1, -0.05) is 12.1 Å². The van der Waals surface area contributed by atoms with Gasteiger partial charge in [-0.15, -0.1) is 0 Å². The highest BCUT2D eigenvalue weighted by atomic mass is 16.6. The van der Waals surface area contributed by atoms with Gasteiger partial charge in [0.1, 0.15) is 12.4 Å². The van der Waals surface area contributed by atoms with E-state index < -0.39 is 0 Å². The predicted octanol–water partition coefficient (Wildman–Crippen LogP) is 2.13. The molecule has 0 saturated heterocycles. The zero-order valence-corrected chi connectivity index (χ0v) is 9.10. The summed E-state index contributed by atoms with van der Waals surface area (Å²) < 4.78 is 5.07. The van der Waals surface area contributed by atoms with Crippen LogP contribution in [0, 0.1) is 0 Å². The maximum absolute atomic E-state index is 11.1. The molecule has 0 saturated carbocycles. The number of rotatable bonds is 3. The fourth-order valence-corrected chi connectivity index (χ4v) is 1.43. The fraction of sp³-hybridized carbons (Fsp3) is 0.333. The molecular weight excluding hydrogens is 206 g/mol. The zero-order chi connectivity index (χ0) is 11.4. The van der Waals surface area contributed by atoms with E-state index in [2.05, 4.69) is 5.16 Å². The molecule has 0 spiro atoms. The van der Waals surface area contributed by atoms with E-state index >= 15 is 0 Å². The summed E-state index contributed by atoms with van der Waals surface area (Å²) in [5.74, 6) is 0.337. The van der Waals surface area contributed by atoms with Gasteiger partial charge in [0, 0.05) is 12.8 Å². The lowest BCUT2D eigenvalue weighted by Gasteiger charge is -2.03. The molecule has 84 valence electrons. The van der Waals surface area contributed by atoms with Crippen molar-refractivity contribution < 1.29 is 14.4 Å². The van der Waals surface area contributed by atoms with Crippen molar-refractivity contribution in [1.29, 1.82) is 0 Å². The minimum absolute atomic E-state index is 0.228. The molecule has 4 heteroatoms. The first kappa shape index (κ1) is 10.7. The Hall–Kier alpha value is -1.84. The lowest BCUT2D eigenvalue weighted by atomic mass is 10.1. The van der Waals surface area contributed by atoms with E-state index in [0.717, 1.165) is 17.7 Å². The molecule has 0 atom stereocenters. The lowest BCUT2D eigenvalue weighted by molar-refractivity contribution is -0.134. The van der Waals surface area contributed by atoms with Crippen LogP contribution in [0.4, 0.5) is 0 Å². The monoisotopic (exact) mass is 219 g/mol. The highest BCUT2D eigenvalue weighted by Crippen LogP contribution is 2.16. The molecule has 0 amide bonds. The molecule has 4 nitrogen and oxygen atoms in total. The summed E-state index contributed by atoms with van der Waals surface area (Å²) in [5, 5.41) is 3.92. The molecule has 16 heavy (non-hydrogen) atoms. The van der Waals surface area contributed by atoms with E-state index in [9.17, 15) is 4.79 Å². The predicted molar refractivity (Wildman–Crippen MR) is 59.5 cm³/mol. The van der Waals surface area contributed by atoms with E-state index in [1.54, 1.807) is 19.1 Å². The Morgan fingerprint density at radius 1 is 1.44 bits per heavy atom. The Bertz CT molecular complexity index is 409. The molecule has 0 aliphatic carbocycles. The van der Waals surface area contributed by atoms with Gasteiger partial charge in [-0.25, -0.2) is 0 Å². The van der Waals surface area contributed by atoms with E-state index in [4.69, 9.17) is 9.57 Å². The molecule has 1 aromatic rings. The van der Waals surface area contributed by atoms with Crippen LogP contribution in [0.1, 0.15) is 25.3 Å². The summed E-state index contributed by atoms with van der Waals surface area (Å²) >= 11 is 0. The van der Waals surface area contributed by atoms with Gasteiger partial charge in [-0.05, 0) is 29.8 Å². The molecular formula is C12H13NO3. The number of hydrogen-bond donors (Lipinski definition) is 0. The Morgan fingerprint density at radius 3 is 2.75 bits per heavy atom. The highest BCUT2D eigenvalue weighted by molar-refractivity contribution is 6.01. The topological polar surface area (TPSA) is 47.9 Å². The lowest BCUT2D eigenvalue weighted by Crippen LogP contribution is -2.05. The van der Waals surface area contributed by atoms with Gasteiger partial charge in [-0.2, -0.15) is 0 Å². The van der Waals surface area contributed by atoms with Gasteiger partial charge in [0.05, 0.1) is 5.71 Å². The minimum atomic E-state index is -0.228. The minimum Gasteiger partial charge on any atom is -0.427 e. The summed E-state index contributed by atoms with van der Waals surface area (Å²) in [6, 6.07) is 7.30. The largest absolute Gasteiger partial charge is 0.427 e. The van der Waals surface area contributed by atoms with Crippen molar-refractivity contribution in [1.82, 2.24) is 0 Å². The van der Waals surface area contributed by atoms with E-state index in [0.29, 0.717) is 18.8 Å². The van der Waals surface area contributed by atoms with Gasteiger partial charge in [0.2, 0.25) is 0 Å². The molecule has 1 aromatic carbocycles. The number of carbonyl (C=O) groups excluding carboxylic acids is 1. The molecule has 0 aromatic heterocycles. The SMILES string of the molecule is CCC(=O)Oc1ccc(C2=NOCC2)cc1. The molecule has 1 aliphatic heterocycles. The normalized spacial score (nSPS) is 14.2. The Labute approximate surface area is 93.9 Å².